The minimum absolute atomic E-state index is 0.109. The van der Waals surface area contributed by atoms with E-state index in [-0.39, 0.29) is 23.0 Å². The summed E-state index contributed by atoms with van der Waals surface area (Å²) in [6, 6.07) is 17.6. The van der Waals surface area contributed by atoms with Crippen molar-refractivity contribution in [2.24, 2.45) is 7.05 Å². The van der Waals surface area contributed by atoms with Crippen molar-refractivity contribution >= 4 is 10.0 Å². The molecule has 0 spiro atoms. The predicted molar refractivity (Wildman–Crippen MR) is 137 cm³/mol. The summed E-state index contributed by atoms with van der Waals surface area (Å²) in [6.07, 6.45) is 4.93. The van der Waals surface area contributed by atoms with Gasteiger partial charge in [-0.2, -0.15) is 4.31 Å². The second kappa shape index (κ2) is 9.85. The molecule has 0 radical (unpaired) electrons. The number of methoxy groups -OCH3 is 1. The molecule has 0 N–H and O–H groups in total. The maximum absolute atomic E-state index is 13.4. The van der Waals surface area contributed by atoms with Gasteiger partial charge in [-0.15, -0.1) is 0 Å². The Hall–Kier alpha value is -2.52. The molecule has 35 heavy (non-hydrogen) atoms. The first-order valence-corrected chi connectivity index (χ1v) is 13.7. The van der Waals surface area contributed by atoms with E-state index in [4.69, 9.17) is 4.74 Å². The second-order valence-corrected chi connectivity index (χ2v) is 11.6. The van der Waals surface area contributed by atoms with Gasteiger partial charge in [-0.1, -0.05) is 48.5 Å². The summed E-state index contributed by atoms with van der Waals surface area (Å²) >= 11 is 0. The summed E-state index contributed by atoms with van der Waals surface area (Å²) in [7, 11) is -0.108. The topological polar surface area (TPSA) is 67.7 Å². The molecule has 0 saturated carbocycles. The van der Waals surface area contributed by atoms with E-state index >= 15 is 0 Å². The minimum atomic E-state index is -3.64. The highest BCUT2D eigenvalue weighted by molar-refractivity contribution is 7.89. The van der Waals surface area contributed by atoms with Crippen LogP contribution in [-0.4, -0.2) is 72.6 Å². The van der Waals surface area contributed by atoms with Gasteiger partial charge in [-0.3, -0.25) is 4.90 Å². The van der Waals surface area contributed by atoms with Crippen molar-refractivity contribution in [1.82, 2.24) is 18.8 Å². The lowest BCUT2D eigenvalue weighted by atomic mass is 9.74. The van der Waals surface area contributed by atoms with E-state index in [1.54, 1.807) is 35.6 Å². The van der Waals surface area contributed by atoms with Crippen LogP contribution in [0, 0.1) is 6.92 Å². The summed E-state index contributed by atoms with van der Waals surface area (Å²) < 4.78 is 35.8. The third-order valence-corrected chi connectivity index (χ3v) is 9.27. The van der Waals surface area contributed by atoms with Gasteiger partial charge in [0.05, 0.1) is 12.9 Å². The normalized spacial score (nSPS) is 23.8. The number of hydrogen-bond donors (Lipinski definition) is 0. The number of hydrogen-bond acceptors (Lipinski definition) is 5. The smallest absolute Gasteiger partial charge is 0.262 e. The highest BCUT2D eigenvalue weighted by Crippen LogP contribution is 2.43. The van der Waals surface area contributed by atoms with E-state index in [2.05, 4.69) is 65.3 Å². The molecule has 0 bridgehead atoms. The first kappa shape index (κ1) is 24.2. The molecule has 1 aromatic heterocycles. The molecule has 2 aromatic carbocycles. The Morgan fingerprint density at radius 1 is 1.06 bits per heavy atom. The monoisotopic (exact) mass is 494 g/mol. The van der Waals surface area contributed by atoms with Crippen LogP contribution in [0.4, 0.5) is 0 Å². The third kappa shape index (κ3) is 4.56. The Morgan fingerprint density at radius 2 is 1.80 bits per heavy atom. The lowest BCUT2D eigenvalue weighted by Crippen LogP contribution is -2.68. The Labute approximate surface area is 208 Å². The molecule has 2 aliphatic rings. The number of sulfonamides is 1. The average molecular weight is 495 g/mol. The molecule has 8 heteroatoms. The lowest BCUT2D eigenvalue weighted by molar-refractivity contribution is -0.0635. The molecule has 1 unspecified atom stereocenters. The highest BCUT2D eigenvalue weighted by Gasteiger charge is 2.50. The number of aromatic nitrogens is 2. The van der Waals surface area contributed by atoms with Gasteiger partial charge in [0.2, 0.25) is 0 Å². The van der Waals surface area contributed by atoms with E-state index < -0.39 is 10.0 Å². The maximum Gasteiger partial charge on any atom is 0.262 e. The van der Waals surface area contributed by atoms with E-state index in [0.717, 1.165) is 19.4 Å². The van der Waals surface area contributed by atoms with Crippen molar-refractivity contribution in [3.05, 3.63) is 72.2 Å². The first-order chi connectivity index (χ1) is 16.9. The van der Waals surface area contributed by atoms with Gasteiger partial charge in [-0.05, 0) is 48.6 Å². The molecule has 2 fully saturated rings. The molecule has 3 atom stereocenters. The summed E-state index contributed by atoms with van der Waals surface area (Å²) in [5.74, 6) is 0.209. The van der Waals surface area contributed by atoms with Crippen LogP contribution in [0.15, 0.2) is 66.1 Å². The maximum atomic E-state index is 13.4. The summed E-state index contributed by atoms with van der Waals surface area (Å²) in [5, 5.41) is 0.124. The zero-order valence-corrected chi connectivity index (χ0v) is 21.5. The van der Waals surface area contributed by atoms with Gasteiger partial charge in [-0.25, -0.2) is 13.4 Å². The van der Waals surface area contributed by atoms with Crippen molar-refractivity contribution in [3.8, 4) is 11.1 Å². The minimum Gasteiger partial charge on any atom is -0.383 e. The van der Waals surface area contributed by atoms with E-state index in [0.29, 0.717) is 19.7 Å². The molecule has 3 heterocycles. The fraction of sp³-hybridized carbons (Fsp3) is 0.444. The average Bonchev–Trinajstić information content (AvgIpc) is 3.28. The second-order valence-electron chi connectivity index (χ2n) is 9.74. The van der Waals surface area contributed by atoms with Gasteiger partial charge < -0.3 is 9.30 Å². The van der Waals surface area contributed by atoms with Crippen molar-refractivity contribution in [1.29, 1.82) is 0 Å². The van der Waals surface area contributed by atoms with Crippen molar-refractivity contribution < 1.29 is 13.2 Å². The molecule has 5 rings (SSSR count). The SMILES string of the molecule is COC[C@@H]1C(c2ccc(-c3ccccc3C)cc2)[C@H]2CN(S(=O)(=O)c3cn(C)cn3)CCCCN12. The quantitative estimate of drug-likeness (QED) is 0.523. The Morgan fingerprint density at radius 3 is 2.49 bits per heavy atom. The van der Waals surface area contributed by atoms with Crippen molar-refractivity contribution in [2.75, 3.05) is 33.4 Å². The molecule has 3 aromatic rings. The molecular weight excluding hydrogens is 460 g/mol. The highest BCUT2D eigenvalue weighted by atomic mass is 32.2. The molecule has 0 amide bonds. The Bertz CT molecular complexity index is 1270. The van der Waals surface area contributed by atoms with Crippen LogP contribution < -0.4 is 0 Å². The summed E-state index contributed by atoms with van der Waals surface area (Å²) in [6.45, 7) is 4.72. The Balaban J connectivity index is 1.44. The van der Waals surface area contributed by atoms with Crippen LogP contribution in [0.5, 0.6) is 0 Å². The van der Waals surface area contributed by atoms with Crippen molar-refractivity contribution in [3.63, 3.8) is 0 Å². The molecule has 0 aliphatic carbocycles. The van der Waals surface area contributed by atoms with Crippen LogP contribution >= 0.6 is 0 Å². The number of fused-ring (bicyclic) bond motifs is 1. The number of imidazole rings is 1. The fourth-order valence-corrected chi connectivity index (χ4v) is 7.18. The van der Waals surface area contributed by atoms with Crippen LogP contribution in [0.3, 0.4) is 0 Å². The fourth-order valence-electron chi connectivity index (χ4n) is 5.71. The van der Waals surface area contributed by atoms with E-state index in [1.807, 2.05) is 0 Å². The van der Waals surface area contributed by atoms with Gasteiger partial charge in [0, 0.05) is 51.4 Å². The zero-order valence-electron chi connectivity index (χ0n) is 20.7. The Kier molecular flexibility index (Phi) is 6.81. The molecule has 186 valence electrons. The number of benzene rings is 2. The number of ether oxygens (including phenoxy) is 1. The van der Waals surface area contributed by atoms with Crippen LogP contribution in [0.2, 0.25) is 0 Å². The predicted octanol–water partition coefficient (Wildman–Crippen LogP) is 3.66. The molecule has 2 aliphatic heterocycles. The van der Waals surface area contributed by atoms with Gasteiger partial charge in [0.1, 0.15) is 0 Å². The number of aryl methyl sites for hydroxylation is 2. The molecule has 2 saturated heterocycles. The molecule has 7 nitrogen and oxygen atoms in total. The molecular formula is C27H34N4O3S. The lowest BCUT2D eigenvalue weighted by Gasteiger charge is -2.57. The van der Waals surface area contributed by atoms with Crippen LogP contribution in [0.1, 0.15) is 29.9 Å². The number of nitrogens with zero attached hydrogens (tertiary/aromatic N) is 4. The van der Waals surface area contributed by atoms with Crippen LogP contribution in [0.25, 0.3) is 11.1 Å². The van der Waals surface area contributed by atoms with Crippen molar-refractivity contribution in [2.45, 2.75) is 42.8 Å². The van der Waals surface area contributed by atoms with Gasteiger partial charge >= 0.3 is 0 Å². The standard InChI is InChI=1S/C27H34N4O3S/c1-20-8-4-5-9-23(20)21-10-12-22(13-11-21)27-24-16-30(35(32,33)26-17-29(2)19-28-26)14-6-7-15-31(24)25(27)18-34-3/h4-5,8-13,17,19,24-25,27H,6-7,14-16,18H2,1-3H3/t24-,25-,27?/m1/s1. The van der Waals surface area contributed by atoms with Crippen LogP contribution in [-0.2, 0) is 21.8 Å². The van der Waals surface area contributed by atoms with E-state index in [9.17, 15) is 8.42 Å². The summed E-state index contributed by atoms with van der Waals surface area (Å²) in [5.41, 5.74) is 4.92. The van der Waals surface area contributed by atoms with Gasteiger partial charge in [0.15, 0.2) is 5.03 Å². The zero-order chi connectivity index (χ0) is 24.6. The first-order valence-electron chi connectivity index (χ1n) is 12.3. The number of rotatable bonds is 6. The van der Waals surface area contributed by atoms with E-state index in [1.165, 1.54) is 22.3 Å². The summed E-state index contributed by atoms with van der Waals surface area (Å²) in [4.78, 5) is 6.59. The third-order valence-electron chi connectivity index (χ3n) is 7.52. The largest absolute Gasteiger partial charge is 0.383 e. The van der Waals surface area contributed by atoms with Gasteiger partial charge in [0.25, 0.3) is 10.0 Å².